The maximum absolute atomic E-state index is 11.2. The predicted octanol–water partition coefficient (Wildman–Crippen LogP) is 0.847. The van der Waals surface area contributed by atoms with Gasteiger partial charge in [0.2, 0.25) is 0 Å². The van der Waals surface area contributed by atoms with Gasteiger partial charge in [0.05, 0.1) is 11.6 Å². The number of carbonyl (C=O) groups is 1. The summed E-state index contributed by atoms with van der Waals surface area (Å²) in [6.45, 7) is 10.9. The summed E-state index contributed by atoms with van der Waals surface area (Å²) in [5.41, 5.74) is -0.338. The van der Waals surface area contributed by atoms with Crippen molar-refractivity contribution in [3.63, 3.8) is 0 Å². The van der Waals surface area contributed by atoms with Gasteiger partial charge in [0.15, 0.2) is 0 Å². The topological polar surface area (TPSA) is 59.6 Å². The average molecular weight is 232 g/mol. The van der Waals surface area contributed by atoms with E-state index < -0.39 is 0 Å². The molecular formula is C11H24N2O3. The Hall–Kier alpha value is -0.490. The third-order valence-corrected chi connectivity index (χ3v) is 1.79. The van der Waals surface area contributed by atoms with E-state index in [0.717, 1.165) is 6.54 Å². The van der Waals surface area contributed by atoms with Crippen LogP contribution in [0.4, 0.5) is 0 Å². The van der Waals surface area contributed by atoms with Crippen LogP contribution in [0.5, 0.6) is 0 Å². The lowest BCUT2D eigenvalue weighted by Gasteiger charge is -2.20. The van der Waals surface area contributed by atoms with E-state index in [1.54, 1.807) is 6.92 Å². The van der Waals surface area contributed by atoms with Gasteiger partial charge in [-0.1, -0.05) is 6.92 Å². The monoisotopic (exact) mass is 232 g/mol. The predicted molar refractivity (Wildman–Crippen MR) is 62.9 cm³/mol. The fourth-order valence-electron chi connectivity index (χ4n) is 0.989. The Morgan fingerprint density at radius 1 is 1.38 bits per heavy atom. The van der Waals surface area contributed by atoms with Crippen LogP contribution in [0.3, 0.4) is 0 Å². The zero-order valence-electron chi connectivity index (χ0n) is 10.9. The molecule has 0 aromatic rings. The van der Waals surface area contributed by atoms with Crippen molar-refractivity contribution in [2.24, 2.45) is 0 Å². The van der Waals surface area contributed by atoms with Gasteiger partial charge in [-0.25, -0.2) is 9.78 Å². The Bertz CT molecular complexity index is 202. The Balaban J connectivity index is 3.72. The van der Waals surface area contributed by atoms with Gasteiger partial charge in [0.25, 0.3) is 0 Å². The van der Waals surface area contributed by atoms with Crippen molar-refractivity contribution in [3.8, 4) is 0 Å². The first-order valence-electron chi connectivity index (χ1n) is 5.62. The second-order valence-electron chi connectivity index (χ2n) is 4.63. The second-order valence-corrected chi connectivity index (χ2v) is 4.63. The molecule has 0 aliphatic rings. The highest BCUT2D eigenvalue weighted by Gasteiger charge is 2.14. The number of hydrogen-bond acceptors (Lipinski definition) is 5. The molecule has 0 rings (SSSR count). The van der Waals surface area contributed by atoms with Crippen LogP contribution in [0.25, 0.3) is 0 Å². The van der Waals surface area contributed by atoms with Gasteiger partial charge in [-0.15, -0.1) is 0 Å². The lowest BCUT2D eigenvalue weighted by molar-refractivity contribution is -0.352. The van der Waals surface area contributed by atoms with Gasteiger partial charge in [0.1, 0.15) is 12.5 Å². The highest BCUT2D eigenvalue weighted by molar-refractivity contribution is 5.81. The molecule has 96 valence electrons. The number of ketones is 1. The Morgan fingerprint density at radius 3 is 2.44 bits per heavy atom. The van der Waals surface area contributed by atoms with Gasteiger partial charge in [-0.2, -0.15) is 0 Å². The maximum atomic E-state index is 11.2. The molecule has 1 unspecified atom stereocenters. The van der Waals surface area contributed by atoms with Gasteiger partial charge >= 0.3 is 0 Å². The summed E-state index contributed by atoms with van der Waals surface area (Å²) in [7, 11) is 0. The third kappa shape index (κ3) is 8.79. The minimum absolute atomic E-state index is 0.0836. The van der Waals surface area contributed by atoms with E-state index in [1.165, 1.54) is 0 Å². The van der Waals surface area contributed by atoms with E-state index in [2.05, 4.69) is 10.6 Å². The number of rotatable bonds is 8. The first-order valence-corrected chi connectivity index (χ1v) is 5.62. The minimum Gasteiger partial charge on any atom is -0.315 e. The number of Topliss-reactive ketones (excluding diaryl/α,β-unsaturated/α-hetero) is 1. The van der Waals surface area contributed by atoms with Crippen LogP contribution in [0.1, 0.15) is 34.6 Å². The molecule has 1 atom stereocenters. The molecule has 0 bridgehead atoms. The molecule has 0 spiro atoms. The van der Waals surface area contributed by atoms with Gasteiger partial charge in [0, 0.05) is 6.54 Å². The van der Waals surface area contributed by atoms with Gasteiger partial charge in [-0.3, -0.25) is 10.1 Å². The SMILES string of the molecule is CCNCC(NCOOC(C)(C)C)C(C)=O. The fourth-order valence-corrected chi connectivity index (χ4v) is 0.989. The first-order chi connectivity index (χ1) is 7.37. The number of carbonyl (C=O) groups excluding carboxylic acids is 1. The van der Waals surface area contributed by atoms with Crippen molar-refractivity contribution < 1.29 is 14.6 Å². The first kappa shape index (κ1) is 15.5. The molecule has 0 fully saturated rings. The summed E-state index contributed by atoms with van der Waals surface area (Å²) < 4.78 is 0. The van der Waals surface area contributed by atoms with Crippen molar-refractivity contribution in [1.29, 1.82) is 0 Å². The van der Waals surface area contributed by atoms with Crippen molar-refractivity contribution in [1.82, 2.24) is 10.6 Å². The van der Waals surface area contributed by atoms with Crippen LogP contribution in [-0.4, -0.2) is 37.2 Å². The van der Waals surface area contributed by atoms with Crippen LogP contribution >= 0.6 is 0 Å². The molecule has 5 heteroatoms. The van der Waals surface area contributed by atoms with Crippen molar-refractivity contribution in [2.75, 3.05) is 19.8 Å². The van der Waals surface area contributed by atoms with Gasteiger partial charge < -0.3 is 5.32 Å². The highest BCUT2D eigenvalue weighted by Crippen LogP contribution is 2.06. The molecule has 0 radical (unpaired) electrons. The van der Waals surface area contributed by atoms with Crippen LogP contribution in [0.2, 0.25) is 0 Å². The van der Waals surface area contributed by atoms with E-state index in [-0.39, 0.29) is 24.2 Å². The lowest BCUT2D eigenvalue weighted by atomic mass is 10.2. The molecule has 2 N–H and O–H groups in total. The second kappa shape index (κ2) is 7.73. The molecule has 0 heterocycles. The van der Waals surface area contributed by atoms with E-state index in [0.29, 0.717) is 6.54 Å². The summed E-state index contributed by atoms with van der Waals surface area (Å²) >= 11 is 0. The van der Waals surface area contributed by atoms with Crippen molar-refractivity contribution in [2.45, 2.75) is 46.3 Å². The maximum Gasteiger partial charge on any atom is 0.148 e. The normalized spacial score (nSPS) is 13.8. The van der Waals surface area contributed by atoms with E-state index >= 15 is 0 Å². The summed E-state index contributed by atoms with van der Waals surface area (Å²) in [6, 6.07) is -0.233. The smallest absolute Gasteiger partial charge is 0.148 e. The van der Waals surface area contributed by atoms with Gasteiger partial charge in [-0.05, 0) is 34.2 Å². The molecule has 0 aromatic heterocycles. The molecule has 0 saturated heterocycles. The summed E-state index contributed by atoms with van der Waals surface area (Å²) in [6.07, 6.45) is 0. The molecule has 16 heavy (non-hydrogen) atoms. The number of hydrogen-bond donors (Lipinski definition) is 2. The van der Waals surface area contributed by atoms with Crippen molar-refractivity contribution >= 4 is 5.78 Å². The van der Waals surface area contributed by atoms with E-state index in [1.807, 2.05) is 27.7 Å². The summed E-state index contributed by atoms with van der Waals surface area (Å²) in [5.74, 6) is 0.0836. The Labute approximate surface area is 97.8 Å². The zero-order valence-corrected chi connectivity index (χ0v) is 10.9. The Kier molecular flexibility index (Phi) is 7.49. The molecular weight excluding hydrogens is 208 g/mol. The summed E-state index contributed by atoms with van der Waals surface area (Å²) in [4.78, 5) is 21.3. The zero-order chi connectivity index (χ0) is 12.6. The molecule has 5 nitrogen and oxygen atoms in total. The minimum atomic E-state index is -0.338. The molecule has 0 amide bonds. The third-order valence-electron chi connectivity index (χ3n) is 1.79. The van der Waals surface area contributed by atoms with E-state index in [4.69, 9.17) is 9.78 Å². The number of likely N-dealkylation sites (N-methyl/N-ethyl adjacent to an activating group) is 1. The Morgan fingerprint density at radius 2 is 2.00 bits per heavy atom. The van der Waals surface area contributed by atoms with Crippen LogP contribution in [0, 0.1) is 0 Å². The molecule has 0 aliphatic carbocycles. The summed E-state index contributed by atoms with van der Waals surface area (Å²) in [5, 5.41) is 6.07. The highest BCUT2D eigenvalue weighted by atomic mass is 17.2. The van der Waals surface area contributed by atoms with Crippen LogP contribution in [0.15, 0.2) is 0 Å². The quantitative estimate of drug-likeness (QED) is 0.281. The molecule has 0 aliphatic heterocycles. The van der Waals surface area contributed by atoms with Crippen molar-refractivity contribution in [3.05, 3.63) is 0 Å². The standard InChI is InChI=1S/C11H24N2O3/c1-6-12-7-10(9(2)14)13-8-15-16-11(3,4)5/h10,12-13H,6-8H2,1-5H3. The molecule has 0 saturated carbocycles. The van der Waals surface area contributed by atoms with Crippen LogP contribution in [-0.2, 0) is 14.6 Å². The lowest BCUT2D eigenvalue weighted by Crippen LogP contribution is -2.44. The number of nitrogens with one attached hydrogen (secondary N) is 2. The average Bonchev–Trinajstić information content (AvgIpc) is 2.14. The largest absolute Gasteiger partial charge is 0.315 e. The van der Waals surface area contributed by atoms with Crippen LogP contribution < -0.4 is 10.6 Å². The van der Waals surface area contributed by atoms with E-state index in [9.17, 15) is 4.79 Å². The fraction of sp³-hybridized carbons (Fsp3) is 0.909. The molecule has 0 aromatic carbocycles.